The topological polar surface area (TPSA) is 95.1 Å². The smallest absolute Gasteiger partial charge is 0.237 e. The Morgan fingerprint density at radius 2 is 2.00 bits per heavy atom. The summed E-state index contributed by atoms with van der Waals surface area (Å²) in [4.78, 5) is 12.4. The number of carbonyl (C=O) groups is 1. The van der Waals surface area contributed by atoms with Gasteiger partial charge >= 0.3 is 0 Å². The highest BCUT2D eigenvalue weighted by molar-refractivity contribution is 8.00. The summed E-state index contributed by atoms with van der Waals surface area (Å²) in [6.45, 7) is 5.88. The molecule has 3 N–H and O–H groups in total. The average Bonchev–Trinajstić information content (AvgIpc) is 3.06. The molecular formula is C20H22FN5O2S. The summed E-state index contributed by atoms with van der Waals surface area (Å²) < 4.78 is 20.4. The van der Waals surface area contributed by atoms with Crippen molar-refractivity contribution in [1.29, 1.82) is 0 Å². The molecular weight excluding hydrogens is 393 g/mol. The number of nitrogens with two attached hydrogens (primary N) is 1. The van der Waals surface area contributed by atoms with E-state index < -0.39 is 5.25 Å². The zero-order valence-electron chi connectivity index (χ0n) is 16.3. The van der Waals surface area contributed by atoms with E-state index in [9.17, 15) is 9.18 Å². The van der Waals surface area contributed by atoms with Crippen LogP contribution in [0, 0.1) is 12.7 Å². The Morgan fingerprint density at radius 3 is 2.66 bits per heavy atom. The van der Waals surface area contributed by atoms with Gasteiger partial charge in [-0.25, -0.2) is 9.07 Å². The molecule has 3 aromatic rings. The number of aromatic nitrogens is 3. The fourth-order valence-electron chi connectivity index (χ4n) is 2.55. The molecule has 0 spiro atoms. The first-order valence-corrected chi connectivity index (χ1v) is 9.94. The lowest BCUT2D eigenvalue weighted by atomic mass is 10.2. The first kappa shape index (κ1) is 20.7. The summed E-state index contributed by atoms with van der Waals surface area (Å²) in [6, 6.07) is 11.9. The molecule has 3 rings (SSSR count). The SMILES string of the molecule is CCOc1ccc(-c2nnc(S[C@H](C)C(=O)Nc3ccc(C)c(F)c3)n2N)cc1. The Morgan fingerprint density at radius 1 is 1.28 bits per heavy atom. The lowest BCUT2D eigenvalue weighted by Gasteiger charge is -2.12. The van der Waals surface area contributed by atoms with Crippen molar-refractivity contribution in [3.8, 4) is 17.1 Å². The molecule has 29 heavy (non-hydrogen) atoms. The van der Waals surface area contributed by atoms with Gasteiger partial charge < -0.3 is 15.9 Å². The van der Waals surface area contributed by atoms with Crippen LogP contribution in [0.3, 0.4) is 0 Å². The largest absolute Gasteiger partial charge is 0.494 e. The van der Waals surface area contributed by atoms with E-state index >= 15 is 0 Å². The number of benzene rings is 2. The van der Waals surface area contributed by atoms with Crippen molar-refractivity contribution in [2.45, 2.75) is 31.2 Å². The van der Waals surface area contributed by atoms with Gasteiger partial charge in [0.25, 0.3) is 0 Å². The number of ether oxygens (including phenoxy) is 1. The van der Waals surface area contributed by atoms with Gasteiger partial charge in [-0.2, -0.15) is 0 Å². The van der Waals surface area contributed by atoms with Gasteiger partial charge in [0, 0.05) is 11.3 Å². The van der Waals surface area contributed by atoms with E-state index in [1.165, 1.54) is 22.5 Å². The number of nitrogens with zero attached hydrogens (tertiary/aromatic N) is 3. The highest BCUT2D eigenvalue weighted by Crippen LogP contribution is 2.26. The van der Waals surface area contributed by atoms with Gasteiger partial charge in [-0.3, -0.25) is 4.79 Å². The minimum absolute atomic E-state index is 0.288. The first-order valence-electron chi connectivity index (χ1n) is 9.06. The third-order valence-electron chi connectivity index (χ3n) is 4.18. The number of rotatable bonds is 7. The predicted molar refractivity (Wildman–Crippen MR) is 112 cm³/mol. The standard InChI is InChI=1S/C20H22FN5O2S/c1-4-28-16-9-6-14(7-10-16)18-24-25-20(26(18)22)29-13(3)19(27)23-15-8-5-12(2)17(21)11-15/h5-11,13H,4,22H2,1-3H3,(H,23,27)/t13-/m1/s1. The van der Waals surface area contributed by atoms with Crippen molar-refractivity contribution < 1.29 is 13.9 Å². The first-order chi connectivity index (χ1) is 13.9. The second-order valence-electron chi connectivity index (χ2n) is 6.35. The molecule has 0 saturated carbocycles. The summed E-state index contributed by atoms with van der Waals surface area (Å²) >= 11 is 1.17. The van der Waals surface area contributed by atoms with Crippen molar-refractivity contribution in [2.75, 3.05) is 17.8 Å². The Balaban J connectivity index is 1.68. The molecule has 9 heteroatoms. The number of hydrogen-bond donors (Lipinski definition) is 2. The summed E-state index contributed by atoms with van der Waals surface area (Å²) in [5.74, 6) is 6.70. The number of carbonyl (C=O) groups excluding carboxylic acids is 1. The fourth-order valence-corrected chi connectivity index (χ4v) is 3.32. The quantitative estimate of drug-likeness (QED) is 0.452. The molecule has 0 aliphatic rings. The Bertz CT molecular complexity index is 1010. The molecule has 2 aromatic carbocycles. The maximum Gasteiger partial charge on any atom is 0.237 e. The van der Waals surface area contributed by atoms with Crippen molar-refractivity contribution in [2.24, 2.45) is 0 Å². The molecule has 152 valence electrons. The number of nitrogens with one attached hydrogen (secondary N) is 1. The number of aryl methyl sites for hydroxylation is 1. The van der Waals surface area contributed by atoms with Gasteiger partial charge in [0.05, 0.1) is 11.9 Å². The molecule has 0 radical (unpaired) electrons. The number of anilines is 1. The molecule has 0 aliphatic heterocycles. The summed E-state index contributed by atoms with van der Waals surface area (Å²) in [5.41, 5.74) is 1.70. The maximum absolute atomic E-state index is 13.7. The zero-order chi connectivity index (χ0) is 21.0. The van der Waals surface area contributed by atoms with E-state index in [0.717, 1.165) is 11.3 Å². The molecule has 1 heterocycles. The van der Waals surface area contributed by atoms with Crippen LogP contribution in [0.4, 0.5) is 10.1 Å². The van der Waals surface area contributed by atoms with Crippen molar-refractivity contribution in [3.63, 3.8) is 0 Å². The minimum atomic E-state index is -0.515. The van der Waals surface area contributed by atoms with E-state index in [1.807, 2.05) is 31.2 Å². The predicted octanol–water partition coefficient (Wildman–Crippen LogP) is 3.62. The highest BCUT2D eigenvalue weighted by Gasteiger charge is 2.20. The van der Waals surface area contributed by atoms with Gasteiger partial charge in [0.1, 0.15) is 11.6 Å². The number of halogens is 1. The van der Waals surface area contributed by atoms with Crippen LogP contribution in [0.25, 0.3) is 11.4 Å². The van der Waals surface area contributed by atoms with E-state index in [4.69, 9.17) is 10.6 Å². The van der Waals surface area contributed by atoms with Crippen LogP contribution < -0.4 is 15.9 Å². The fraction of sp³-hybridized carbons (Fsp3) is 0.250. The van der Waals surface area contributed by atoms with E-state index in [0.29, 0.717) is 28.8 Å². The molecule has 1 amide bonds. The monoisotopic (exact) mass is 415 g/mol. The molecule has 7 nitrogen and oxygen atoms in total. The van der Waals surface area contributed by atoms with Crippen molar-refractivity contribution >= 4 is 23.4 Å². The van der Waals surface area contributed by atoms with Crippen LogP contribution in [0.5, 0.6) is 5.75 Å². The second kappa shape index (κ2) is 8.95. The number of hydrogen-bond acceptors (Lipinski definition) is 6. The van der Waals surface area contributed by atoms with Crippen LogP contribution in [-0.4, -0.2) is 32.6 Å². The van der Waals surface area contributed by atoms with Crippen LogP contribution in [-0.2, 0) is 4.79 Å². The molecule has 0 saturated heterocycles. The normalized spacial score (nSPS) is 11.9. The summed E-state index contributed by atoms with van der Waals surface area (Å²) in [6.07, 6.45) is 0. The number of amides is 1. The van der Waals surface area contributed by atoms with Gasteiger partial charge in [0.2, 0.25) is 11.1 Å². The second-order valence-corrected chi connectivity index (χ2v) is 7.65. The third-order valence-corrected chi connectivity index (χ3v) is 5.24. The lowest BCUT2D eigenvalue weighted by Crippen LogP contribution is -2.23. The van der Waals surface area contributed by atoms with Crippen molar-refractivity contribution in [1.82, 2.24) is 14.9 Å². The minimum Gasteiger partial charge on any atom is -0.494 e. The van der Waals surface area contributed by atoms with E-state index in [1.54, 1.807) is 26.0 Å². The Kier molecular flexibility index (Phi) is 6.38. The maximum atomic E-state index is 13.7. The molecule has 0 unspecified atom stereocenters. The summed E-state index contributed by atoms with van der Waals surface area (Å²) in [7, 11) is 0. The summed E-state index contributed by atoms with van der Waals surface area (Å²) in [5, 5.41) is 10.8. The third kappa shape index (κ3) is 4.86. The van der Waals surface area contributed by atoms with Gasteiger partial charge in [0.15, 0.2) is 5.82 Å². The molecule has 1 aromatic heterocycles. The highest BCUT2D eigenvalue weighted by atomic mass is 32.2. The molecule has 0 fully saturated rings. The molecule has 0 aliphatic carbocycles. The Hall–Kier alpha value is -3.07. The number of nitrogen functional groups attached to an aromatic ring is 1. The van der Waals surface area contributed by atoms with Crippen LogP contribution in [0.15, 0.2) is 47.6 Å². The zero-order valence-corrected chi connectivity index (χ0v) is 17.2. The van der Waals surface area contributed by atoms with Gasteiger partial charge in [-0.1, -0.05) is 17.8 Å². The van der Waals surface area contributed by atoms with Crippen LogP contribution >= 0.6 is 11.8 Å². The molecule has 0 bridgehead atoms. The Labute approximate surface area is 172 Å². The van der Waals surface area contributed by atoms with Crippen LogP contribution in [0.2, 0.25) is 0 Å². The van der Waals surface area contributed by atoms with Crippen LogP contribution in [0.1, 0.15) is 19.4 Å². The van der Waals surface area contributed by atoms with E-state index in [2.05, 4.69) is 15.5 Å². The van der Waals surface area contributed by atoms with Crippen molar-refractivity contribution in [3.05, 3.63) is 53.8 Å². The van der Waals surface area contributed by atoms with E-state index in [-0.39, 0.29) is 11.7 Å². The molecule has 1 atom stereocenters. The lowest BCUT2D eigenvalue weighted by molar-refractivity contribution is -0.115. The van der Waals surface area contributed by atoms with Gasteiger partial charge in [-0.05, 0) is 62.7 Å². The average molecular weight is 415 g/mol. The number of thioether (sulfide) groups is 1. The van der Waals surface area contributed by atoms with Gasteiger partial charge in [-0.15, -0.1) is 10.2 Å².